The van der Waals surface area contributed by atoms with Gasteiger partial charge in [-0.05, 0) is 32.0 Å². The number of H-pyrrole nitrogens is 1. The summed E-state index contributed by atoms with van der Waals surface area (Å²) in [5, 5.41) is 14.6. The van der Waals surface area contributed by atoms with Crippen LogP contribution in [0.25, 0.3) is 21.8 Å². The van der Waals surface area contributed by atoms with E-state index in [1.807, 2.05) is 6.07 Å². The molecule has 0 spiro atoms. The quantitative estimate of drug-likeness (QED) is 0.608. The van der Waals surface area contributed by atoms with Crippen LogP contribution >= 0.6 is 11.6 Å². The molecule has 0 aliphatic carbocycles. The maximum atomic E-state index is 12.9. The topological polar surface area (TPSA) is 108 Å². The SMILES string of the molecule is CC1(C)CN(C(=O)O)C(C(=O)Nc2cc(Cl)cc3c2[nH]c2cnccc23)CO1. The zero-order valence-corrected chi connectivity index (χ0v) is 16.1. The Morgan fingerprint density at radius 3 is 2.93 bits per heavy atom. The minimum Gasteiger partial charge on any atom is -0.465 e. The summed E-state index contributed by atoms with van der Waals surface area (Å²) in [6, 6.07) is 4.34. The molecule has 0 bridgehead atoms. The third kappa shape index (κ3) is 3.25. The fourth-order valence-electron chi connectivity index (χ4n) is 3.51. The average molecular weight is 403 g/mol. The highest BCUT2D eigenvalue weighted by Crippen LogP contribution is 2.33. The Bertz CT molecular complexity index is 1090. The van der Waals surface area contributed by atoms with Crippen molar-refractivity contribution in [2.24, 2.45) is 0 Å². The van der Waals surface area contributed by atoms with E-state index in [1.165, 1.54) is 0 Å². The molecule has 28 heavy (non-hydrogen) atoms. The van der Waals surface area contributed by atoms with E-state index in [9.17, 15) is 14.7 Å². The number of aromatic nitrogens is 2. The number of carboxylic acid groups (broad SMARTS) is 1. The maximum absolute atomic E-state index is 12.9. The molecule has 146 valence electrons. The standard InChI is InChI=1S/C19H19ClN4O4/c1-19(2)9-24(18(26)27)15(8-28-19)17(25)23-13-6-10(20)5-12-11-3-4-21-7-14(11)22-16(12)13/h3-7,15,22H,8-9H2,1-2H3,(H,23,25)(H,26,27). The molecule has 2 amide bonds. The number of morpholine rings is 1. The first-order chi connectivity index (χ1) is 13.2. The molecule has 1 aliphatic heterocycles. The number of nitrogens with zero attached hydrogens (tertiary/aromatic N) is 2. The van der Waals surface area contributed by atoms with Gasteiger partial charge in [0.05, 0.1) is 41.7 Å². The lowest BCUT2D eigenvalue weighted by Crippen LogP contribution is -2.59. The first-order valence-electron chi connectivity index (χ1n) is 8.74. The van der Waals surface area contributed by atoms with E-state index >= 15 is 0 Å². The van der Waals surface area contributed by atoms with Crippen LogP contribution in [0.3, 0.4) is 0 Å². The third-order valence-electron chi connectivity index (χ3n) is 4.84. The number of carbonyl (C=O) groups excluding carboxylic acids is 1. The largest absolute Gasteiger partial charge is 0.465 e. The normalized spacial score (nSPS) is 19.1. The molecule has 1 saturated heterocycles. The summed E-state index contributed by atoms with van der Waals surface area (Å²) in [4.78, 5) is 33.0. The van der Waals surface area contributed by atoms with Gasteiger partial charge in [-0.1, -0.05) is 11.6 Å². The molecule has 1 unspecified atom stereocenters. The van der Waals surface area contributed by atoms with Crippen LogP contribution in [0.1, 0.15) is 13.8 Å². The Balaban J connectivity index is 1.69. The van der Waals surface area contributed by atoms with Gasteiger partial charge >= 0.3 is 6.09 Å². The van der Waals surface area contributed by atoms with E-state index in [-0.39, 0.29) is 13.2 Å². The van der Waals surface area contributed by atoms with Gasteiger partial charge < -0.3 is 20.1 Å². The summed E-state index contributed by atoms with van der Waals surface area (Å²) in [6.45, 7) is 3.65. The van der Waals surface area contributed by atoms with Gasteiger partial charge in [-0.25, -0.2) is 4.79 Å². The highest BCUT2D eigenvalue weighted by Gasteiger charge is 2.40. The monoisotopic (exact) mass is 402 g/mol. The smallest absolute Gasteiger partial charge is 0.408 e. The Hall–Kier alpha value is -2.84. The molecule has 1 fully saturated rings. The van der Waals surface area contributed by atoms with E-state index in [0.29, 0.717) is 16.2 Å². The molecular weight excluding hydrogens is 384 g/mol. The summed E-state index contributed by atoms with van der Waals surface area (Å²) in [5.74, 6) is -0.474. The summed E-state index contributed by atoms with van der Waals surface area (Å²) in [5.41, 5.74) is 1.33. The van der Waals surface area contributed by atoms with E-state index in [4.69, 9.17) is 16.3 Å². The van der Waals surface area contributed by atoms with Gasteiger partial charge in [-0.15, -0.1) is 0 Å². The van der Waals surface area contributed by atoms with E-state index < -0.39 is 23.6 Å². The molecule has 8 nitrogen and oxygen atoms in total. The Kier molecular flexibility index (Phi) is 4.40. The van der Waals surface area contributed by atoms with Gasteiger partial charge in [-0.3, -0.25) is 14.7 Å². The lowest BCUT2D eigenvalue weighted by atomic mass is 10.0. The fourth-order valence-corrected chi connectivity index (χ4v) is 3.73. The highest BCUT2D eigenvalue weighted by atomic mass is 35.5. The lowest BCUT2D eigenvalue weighted by Gasteiger charge is -2.41. The molecule has 1 atom stereocenters. The number of hydrogen-bond donors (Lipinski definition) is 3. The van der Waals surface area contributed by atoms with Crippen LogP contribution in [0.4, 0.5) is 10.5 Å². The predicted octanol–water partition coefficient (Wildman–Crippen LogP) is 3.47. The molecule has 3 aromatic rings. The van der Waals surface area contributed by atoms with Crippen LogP contribution in [0.5, 0.6) is 0 Å². The minimum atomic E-state index is -1.16. The zero-order valence-electron chi connectivity index (χ0n) is 15.3. The lowest BCUT2D eigenvalue weighted by molar-refractivity contribution is -0.139. The van der Waals surface area contributed by atoms with E-state index in [0.717, 1.165) is 21.2 Å². The van der Waals surface area contributed by atoms with Crippen molar-refractivity contribution in [1.82, 2.24) is 14.9 Å². The van der Waals surface area contributed by atoms with Crippen LogP contribution in [-0.4, -0.2) is 56.8 Å². The van der Waals surface area contributed by atoms with Crippen molar-refractivity contribution < 1.29 is 19.4 Å². The number of halogens is 1. The summed E-state index contributed by atoms with van der Waals surface area (Å²) in [6.07, 6.45) is 2.21. The van der Waals surface area contributed by atoms with E-state index in [1.54, 1.807) is 38.4 Å². The summed E-state index contributed by atoms with van der Waals surface area (Å²) >= 11 is 6.26. The number of pyridine rings is 1. The first-order valence-corrected chi connectivity index (χ1v) is 9.12. The van der Waals surface area contributed by atoms with Crippen molar-refractivity contribution in [2.75, 3.05) is 18.5 Å². The molecule has 3 N–H and O–H groups in total. The molecule has 0 saturated carbocycles. The van der Waals surface area contributed by atoms with Gasteiger partial charge in [0.25, 0.3) is 0 Å². The predicted molar refractivity (Wildman–Crippen MR) is 106 cm³/mol. The number of fused-ring (bicyclic) bond motifs is 3. The number of aromatic amines is 1. The number of anilines is 1. The second kappa shape index (κ2) is 6.65. The number of ether oxygens (including phenoxy) is 1. The minimum absolute atomic E-state index is 0.0224. The molecule has 2 aromatic heterocycles. The van der Waals surface area contributed by atoms with Crippen molar-refractivity contribution >= 4 is 51.1 Å². The summed E-state index contributed by atoms with van der Waals surface area (Å²) < 4.78 is 5.67. The van der Waals surface area contributed by atoms with Gasteiger partial charge in [-0.2, -0.15) is 0 Å². The van der Waals surface area contributed by atoms with Crippen LogP contribution in [-0.2, 0) is 9.53 Å². The third-order valence-corrected chi connectivity index (χ3v) is 5.06. The summed E-state index contributed by atoms with van der Waals surface area (Å²) in [7, 11) is 0. The van der Waals surface area contributed by atoms with Crippen molar-refractivity contribution in [3.8, 4) is 0 Å². The van der Waals surface area contributed by atoms with Crippen molar-refractivity contribution in [3.63, 3.8) is 0 Å². The zero-order chi connectivity index (χ0) is 20.1. The number of nitrogens with one attached hydrogen (secondary N) is 2. The number of hydrogen-bond acceptors (Lipinski definition) is 4. The first kappa shape index (κ1) is 18.5. The molecule has 1 aliphatic rings. The molecule has 0 radical (unpaired) electrons. The second-order valence-electron chi connectivity index (χ2n) is 7.41. The van der Waals surface area contributed by atoms with Gasteiger partial charge in [0.1, 0.15) is 6.04 Å². The van der Waals surface area contributed by atoms with Crippen LogP contribution in [0.2, 0.25) is 5.02 Å². The Morgan fingerprint density at radius 1 is 1.39 bits per heavy atom. The fraction of sp³-hybridized carbons (Fsp3) is 0.316. The van der Waals surface area contributed by atoms with Crippen LogP contribution in [0.15, 0.2) is 30.6 Å². The average Bonchev–Trinajstić information content (AvgIpc) is 2.99. The number of benzene rings is 1. The van der Waals surface area contributed by atoms with Gasteiger partial charge in [0.15, 0.2) is 0 Å². The number of amides is 2. The molecular formula is C19H19ClN4O4. The van der Waals surface area contributed by atoms with Crippen molar-refractivity contribution in [3.05, 3.63) is 35.6 Å². The number of carbonyl (C=O) groups is 2. The van der Waals surface area contributed by atoms with Gasteiger partial charge in [0, 0.05) is 22.0 Å². The molecule has 3 heterocycles. The maximum Gasteiger partial charge on any atom is 0.408 e. The Morgan fingerprint density at radius 2 is 2.18 bits per heavy atom. The highest BCUT2D eigenvalue weighted by molar-refractivity contribution is 6.33. The molecule has 1 aromatic carbocycles. The van der Waals surface area contributed by atoms with Crippen molar-refractivity contribution in [2.45, 2.75) is 25.5 Å². The van der Waals surface area contributed by atoms with Crippen molar-refractivity contribution in [1.29, 1.82) is 0 Å². The second-order valence-corrected chi connectivity index (χ2v) is 7.84. The number of rotatable bonds is 2. The van der Waals surface area contributed by atoms with Crippen LogP contribution in [0, 0.1) is 0 Å². The van der Waals surface area contributed by atoms with Gasteiger partial charge in [0.2, 0.25) is 5.91 Å². The van der Waals surface area contributed by atoms with E-state index in [2.05, 4.69) is 15.3 Å². The molecule has 9 heteroatoms. The molecule has 4 rings (SSSR count). The van der Waals surface area contributed by atoms with Crippen LogP contribution < -0.4 is 5.32 Å². The Labute approximate surface area is 165 Å².